The number of aromatic nitrogens is 2. The van der Waals surface area contributed by atoms with E-state index in [4.69, 9.17) is 21.1 Å². The molecule has 0 unspecified atom stereocenters. The van der Waals surface area contributed by atoms with Gasteiger partial charge in [-0.3, -0.25) is 4.79 Å². The molecule has 0 bridgehead atoms. The van der Waals surface area contributed by atoms with E-state index in [0.29, 0.717) is 28.2 Å². The summed E-state index contributed by atoms with van der Waals surface area (Å²) in [6.07, 6.45) is 1.45. The molecular weight excluding hydrogens is 526 g/mol. The maximum atomic E-state index is 12.1. The first-order valence-corrected chi connectivity index (χ1v) is 10.7. The van der Waals surface area contributed by atoms with Gasteiger partial charge in [-0.2, -0.15) is 0 Å². The van der Waals surface area contributed by atoms with Gasteiger partial charge in [-0.25, -0.2) is 14.4 Å². The summed E-state index contributed by atoms with van der Waals surface area (Å²) in [7, 11) is 0. The average molecular weight is 545 g/mol. The van der Waals surface area contributed by atoms with Gasteiger partial charge in [0.15, 0.2) is 0 Å². The average Bonchev–Trinajstić information content (AvgIpc) is 2.74. The zero-order valence-electron chi connectivity index (χ0n) is 15.8. The number of benzene rings is 2. The summed E-state index contributed by atoms with van der Waals surface area (Å²) in [6.45, 7) is -0.139. The van der Waals surface area contributed by atoms with Crippen molar-refractivity contribution in [3.63, 3.8) is 0 Å². The lowest BCUT2D eigenvalue weighted by molar-refractivity contribution is -0.113. The van der Waals surface area contributed by atoms with Crippen molar-refractivity contribution in [2.45, 2.75) is 0 Å². The van der Waals surface area contributed by atoms with Gasteiger partial charge in [-0.15, -0.1) is 11.6 Å². The molecule has 0 atom stereocenters. The molecule has 3 rings (SSSR count). The number of rotatable bonds is 10. The largest absolute Gasteiger partial charge is 0.489 e. The van der Waals surface area contributed by atoms with Crippen LogP contribution in [0.25, 0.3) is 10.9 Å². The van der Waals surface area contributed by atoms with Crippen LogP contribution in [0, 0.1) is 3.57 Å². The lowest BCUT2D eigenvalue weighted by atomic mass is 10.2. The van der Waals surface area contributed by atoms with Gasteiger partial charge in [0.05, 0.1) is 24.4 Å². The van der Waals surface area contributed by atoms with Crippen LogP contribution < -0.4 is 15.4 Å². The van der Waals surface area contributed by atoms with E-state index in [9.17, 15) is 9.18 Å². The highest BCUT2D eigenvalue weighted by atomic mass is 127. The number of fused-ring (bicyclic) bond motifs is 1. The molecule has 158 valence electrons. The number of ether oxygens (including phenoxy) is 2. The van der Waals surface area contributed by atoms with Crippen molar-refractivity contribution in [2.75, 3.05) is 43.0 Å². The summed E-state index contributed by atoms with van der Waals surface area (Å²) in [4.78, 5) is 20.5. The van der Waals surface area contributed by atoms with Crippen molar-refractivity contribution in [3.05, 3.63) is 46.3 Å². The SMILES string of the molecule is O=C(CCl)Nc1cc2c(Nc3cccc(I)c3)ncnc2cc1OCCOCCF. The van der Waals surface area contributed by atoms with Crippen LogP contribution in [0.15, 0.2) is 42.7 Å². The number of nitrogens with zero attached hydrogens (tertiary/aromatic N) is 2. The maximum Gasteiger partial charge on any atom is 0.239 e. The van der Waals surface area contributed by atoms with Crippen LogP contribution in [-0.4, -0.2) is 48.3 Å². The van der Waals surface area contributed by atoms with Gasteiger partial charge in [0.2, 0.25) is 5.91 Å². The minimum absolute atomic E-state index is 0.0115. The summed E-state index contributed by atoms with van der Waals surface area (Å²) in [5.74, 6) is 0.416. The fourth-order valence-corrected chi connectivity index (χ4v) is 3.26. The van der Waals surface area contributed by atoms with Crippen LogP contribution in [0.5, 0.6) is 5.75 Å². The molecule has 0 aliphatic carbocycles. The molecule has 0 radical (unpaired) electrons. The summed E-state index contributed by atoms with van der Waals surface area (Å²) in [5.41, 5.74) is 1.93. The summed E-state index contributed by atoms with van der Waals surface area (Å²) >= 11 is 7.88. The smallest absolute Gasteiger partial charge is 0.239 e. The monoisotopic (exact) mass is 544 g/mol. The van der Waals surface area contributed by atoms with Crippen LogP contribution in [0.1, 0.15) is 0 Å². The summed E-state index contributed by atoms with van der Waals surface area (Å²) < 4.78 is 24.0. The molecule has 2 aromatic carbocycles. The van der Waals surface area contributed by atoms with Crippen LogP contribution in [0.4, 0.5) is 21.6 Å². The molecule has 0 saturated carbocycles. The Morgan fingerprint density at radius 1 is 1.17 bits per heavy atom. The van der Waals surface area contributed by atoms with Crippen LogP contribution in [0.3, 0.4) is 0 Å². The second-order valence-electron chi connectivity index (χ2n) is 6.05. The molecule has 0 fully saturated rings. The first-order valence-electron chi connectivity index (χ1n) is 9.04. The molecule has 1 heterocycles. The number of nitrogens with one attached hydrogen (secondary N) is 2. The normalized spacial score (nSPS) is 10.8. The Balaban J connectivity index is 1.92. The van der Waals surface area contributed by atoms with Gasteiger partial charge >= 0.3 is 0 Å². The first-order chi connectivity index (χ1) is 14.6. The Bertz CT molecular complexity index is 1020. The van der Waals surface area contributed by atoms with Gasteiger partial charge in [0.1, 0.15) is 37.1 Å². The number of hydrogen-bond acceptors (Lipinski definition) is 6. The molecule has 1 amide bonds. The van der Waals surface area contributed by atoms with Crippen molar-refractivity contribution < 1.29 is 18.7 Å². The van der Waals surface area contributed by atoms with Gasteiger partial charge in [-0.05, 0) is 46.9 Å². The van der Waals surface area contributed by atoms with Gasteiger partial charge in [-0.1, -0.05) is 6.07 Å². The third kappa shape index (κ3) is 6.13. The highest BCUT2D eigenvalue weighted by Gasteiger charge is 2.13. The standard InChI is InChI=1S/C20H19ClFIN4O3/c21-11-19(28)27-17-9-15-16(10-18(17)30-7-6-29-5-4-22)24-12-25-20(15)26-14-3-1-2-13(23)8-14/h1-3,8-10,12H,4-7,11H2,(H,27,28)(H,24,25,26). The number of carbonyl (C=O) groups is 1. The second kappa shape index (κ2) is 11.2. The molecular formula is C20H19ClFIN4O3. The predicted octanol–water partition coefficient (Wildman–Crippen LogP) is 4.52. The van der Waals surface area contributed by atoms with Crippen molar-refractivity contribution in [2.24, 2.45) is 0 Å². The van der Waals surface area contributed by atoms with Crippen LogP contribution in [0.2, 0.25) is 0 Å². The molecule has 0 spiro atoms. The highest BCUT2D eigenvalue weighted by molar-refractivity contribution is 14.1. The predicted molar refractivity (Wildman–Crippen MR) is 124 cm³/mol. The molecule has 3 aromatic rings. The Morgan fingerprint density at radius 3 is 2.80 bits per heavy atom. The van der Waals surface area contributed by atoms with E-state index < -0.39 is 6.67 Å². The topological polar surface area (TPSA) is 85.4 Å². The number of carbonyl (C=O) groups excluding carboxylic acids is 1. The van der Waals surface area contributed by atoms with E-state index in [1.165, 1.54) is 6.33 Å². The van der Waals surface area contributed by atoms with Gasteiger partial charge in [0.25, 0.3) is 0 Å². The van der Waals surface area contributed by atoms with Crippen molar-refractivity contribution in [3.8, 4) is 5.75 Å². The lowest BCUT2D eigenvalue weighted by Crippen LogP contribution is -2.15. The number of halogens is 3. The molecule has 2 N–H and O–H groups in total. The zero-order valence-corrected chi connectivity index (χ0v) is 18.7. The third-order valence-electron chi connectivity index (χ3n) is 3.93. The molecule has 30 heavy (non-hydrogen) atoms. The lowest BCUT2D eigenvalue weighted by Gasteiger charge is -2.15. The molecule has 0 aliphatic heterocycles. The van der Waals surface area contributed by atoms with E-state index in [1.54, 1.807) is 12.1 Å². The highest BCUT2D eigenvalue weighted by Crippen LogP contribution is 2.33. The van der Waals surface area contributed by atoms with E-state index >= 15 is 0 Å². The minimum Gasteiger partial charge on any atom is -0.489 e. The number of anilines is 3. The fraction of sp³-hybridized carbons (Fsp3) is 0.250. The summed E-state index contributed by atoms with van der Waals surface area (Å²) in [5, 5.41) is 6.70. The Hall–Kier alpha value is -2.24. The molecule has 10 heteroatoms. The summed E-state index contributed by atoms with van der Waals surface area (Å²) in [6, 6.07) is 11.3. The first kappa shape index (κ1) is 22.4. The quantitative estimate of drug-likeness (QED) is 0.222. The van der Waals surface area contributed by atoms with Crippen LogP contribution in [-0.2, 0) is 9.53 Å². The maximum absolute atomic E-state index is 12.1. The van der Waals surface area contributed by atoms with E-state index in [0.717, 1.165) is 9.26 Å². The molecule has 0 aliphatic rings. The second-order valence-corrected chi connectivity index (χ2v) is 7.57. The fourth-order valence-electron chi connectivity index (χ4n) is 2.65. The number of alkyl halides is 2. The Morgan fingerprint density at radius 2 is 2.03 bits per heavy atom. The molecule has 0 saturated heterocycles. The van der Waals surface area contributed by atoms with E-state index in [-0.39, 0.29) is 31.6 Å². The molecule has 1 aromatic heterocycles. The van der Waals surface area contributed by atoms with Gasteiger partial charge in [0, 0.05) is 20.7 Å². The zero-order chi connectivity index (χ0) is 21.3. The van der Waals surface area contributed by atoms with E-state index in [1.807, 2.05) is 24.3 Å². The van der Waals surface area contributed by atoms with Crippen molar-refractivity contribution in [1.82, 2.24) is 9.97 Å². The minimum atomic E-state index is -0.555. The molecule has 7 nitrogen and oxygen atoms in total. The number of hydrogen-bond donors (Lipinski definition) is 2. The van der Waals surface area contributed by atoms with Crippen molar-refractivity contribution in [1.29, 1.82) is 0 Å². The van der Waals surface area contributed by atoms with Gasteiger partial charge < -0.3 is 20.1 Å². The van der Waals surface area contributed by atoms with Crippen molar-refractivity contribution >= 4 is 68.2 Å². The Labute approximate surface area is 191 Å². The van der Waals surface area contributed by atoms with E-state index in [2.05, 4.69) is 43.2 Å². The van der Waals surface area contributed by atoms with Crippen LogP contribution >= 0.6 is 34.2 Å². The number of amides is 1. The third-order valence-corrected chi connectivity index (χ3v) is 4.84. The Kier molecular flexibility index (Phi) is 8.40.